The van der Waals surface area contributed by atoms with Gasteiger partial charge in [-0.3, -0.25) is 4.79 Å². The summed E-state index contributed by atoms with van der Waals surface area (Å²) in [4.78, 5) is 11.1. The zero-order chi connectivity index (χ0) is 18.2. The van der Waals surface area contributed by atoms with Crippen molar-refractivity contribution >= 4 is 5.97 Å². The Balaban J connectivity index is 2.43. The summed E-state index contributed by atoms with van der Waals surface area (Å²) in [5.41, 5.74) is 2.06. The highest BCUT2D eigenvalue weighted by Gasteiger charge is 2.17. The average molecular weight is 351 g/mol. The molecule has 0 saturated heterocycles. The van der Waals surface area contributed by atoms with Crippen molar-refractivity contribution in [3.05, 3.63) is 29.6 Å². The van der Waals surface area contributed by atoms with Crippen LogP contribution in [-0.4, -0.2) is 49.1 Å². The molecule has 0 aliphatic carbocycles. The van der Waals surface area contributed by atoms with Crippen LogP contribution in [0.4, 0.5) is 0 Å². The van der Waals surface area contributed by atoms with Crippen molar-refractivity contribution in [3.63, 3.8) is 0 Å². The van der Waals surface area contributed by atoms with Crippen LogP contribution in [0.25, 0.3) is 5.69 Å². The molecule has 0 aliphatic heterocycles. The lowest BCUT2D eigenvalue weighted by Crippen LogP contribution is -2.10. The first-order valence-electron chi connectivity index (χ1n) is 7.45. The Labute approximate surface area is 145 Å². The molecule has 2 rings (SSSR count). The van der Waals surface area contributed by atoms with Crippen molar-refractivity contribution in [3.8, 4) is 17.2 Å². The van der Waals surface area contributed by atoms with Crippen molar-refractivity contribution in [1.29, 1.82) is 0 Å². The fourth-order valence-corrected chi connectivity index (χ4v) is 2.19. The van der Waals surface area contributed by atoms with Crippen LogP contribution in [0.15, 0.2) is 18.3 Å². The van der Waals surface area contributed by atoms with Gasteiger partial charge in [-0.05, 0) is 6.07 Å². The highest BCUT2D eigenvalue weighted by atomic mass is 16.7. The van der Waals surface area contributed by atoms with E-state index in [1.54, 1.807) is 38.1 Å². The number of ether oxygens (including phenoxy) is 5. The SMILES string of the molecule is COCOCc1cc(OC)c(OC)cc1-n1nncc1COC(C)=O. The molecule has 0 atom stereocenters. The highest BCUT2D eigenvalue weighted by molar-refractivity contribution is 5.65. The minimum Gasteiger partial charge on any atom is -0.493 e. The zero-order valence-corrected chi connectivity index (χ0v) is 14.6. The van der Waals surface area contributed by atoms with Crippen molar-refractivity contribution in [2.75, 3.05) is 28.1 Å². The van der Waals surface area contributed by atoms with Crippen LogP contribution in [0.5, 0.6) is 11.5 Å². The smallest absolute Gasteiger partial charge is 0.303 e. The molecule has 1 aromatic carbocycles. The maximum atomic E-state index is 11.1. The van der Waals surface area contributed by atoms with Crippen LogP contribution < -0.4 is 9.47 Å². The number of nitrogens with zero attached hydrogens (tertiary/aromatic N) is 3. The molecule has 0 unspecified atom stereocenters. The second-order valence-corrected chi connectivity index (χ2v) is 5.01. The number of methoxy groups -OCH3 is 3. The van der Waals surface area contributed by atoms with Gasteiger partial charge in [0.25, 0.3) is 0 Å². The molecule has 25 heavy (non-hydrogen) atoms. The summed E-state index contributed by atoms with van der Waals surface area (Å²) < 4.78 is 27.7. The molecule has 0 fully saturated rings. The number of carbonyl (C=O) groups is 1. The molecular weight excluding hydrogens is 330 g/mol. The van der Waals surface area contributed by atoms with Crippen LogP contribution in [0.2, 0.25) is 0 Å². The number of rotatable bonds is 9. The number of hydrogen-bond donors (Lipinski definition) is 0. The van der Waals surface area contributed by atoms with E-state index in [0.717, 1.165) is 5.56 Å². The standard InChI is InChI=1S/C16H21N3O6/c1-11(20)25-9-13-7-17-18-19(13)14-6-16(23-4)15(22-3)5-12(14)8-24-10-21-2/h5-7H,8-10H2,1-4H3. The number of aromatic nitrogens is 3. The Morgan fingerprint density at radius 2 is 1.84 bits per heavy atom. The van der Waals surface area contributed by atoms with Gasteiger partial charge in [0.1, 0.15) is 19.1 Å². The van der Waals surface area contributed by atoms with Gasteiger partial charge in [0.2, 0.25) is 0 Å². The van der Waals surface area contributed by atoms with Crippen LogP contribution in [0.3, 0.4) is 0 Å². The fourth-order valence-electron chi connectivity index (χ4n) is 2.19. The maximum absolute atomic E-state index is 11.1. The van der Waals surface area contributed by atoms with Crippen molar-refractivity contribution in [2.45, 2.75) is 20.1 Å². The first-order chi connectivity index (χ1) is 12.1. The molecule has 9 heteroatoms. The molecule has 0 radical (unpaired) electrons. The van der Waals surface area contributed by atoms with Crippen molar-refractivity contribution in [2.24, 2.45) is 0 Å². The van der Waals surface area contributed by atoms with E-state index in [4.69, 9.17) is 23.7 Å². The first kappa shape index (κ1) is 18.7. The summed E-state index contributed by atoms with van der Waals surface area (Å²) in [5.74, 6) is 0.703. The van der Waals surface area contributed by atoms with Gasteiger partial charge in [-0.2, -0.15) is 0 Å². The van der Waals surface area contributed by atoms with Crippen LogP contribution in [0.1, 0.15) is 18.2 Å². The normalized spacial score (nSPS) is 10.6. The predicted molar refractivity (Wildman–Crippen MR) is 86.6 cm³/mol. The van der Waals surface area contributed by atoms with Crippen molar-refractivity contribution < 1.29 is 28.5 Å². The minimum atomic E-state index is -0.385. The monoisotopic (exact) mass is 351 g/mol. The summed E-state index contributed by atoms with van der Waals surface area (Å²) >= 11 is 0. The van der Waals surface area contributed by atoms with Crippen molar-refractivity contribution in [1.82, 2.24) is 15.0 Å². The quantitative estimate of drug-likeness (QED) is 0.381. The fraction of sp³-hybridized carbons (Fsp3) is 0.438. The topological polar surface area (TPSA) is 93.9 Å². The molecule has 0 N–H and O–H groups in total. The molecule has 1 aromatic heterocycles. The van der Waals surface area contributed by atoms with Gasteiger partial charge in [-0.25, -0.2) is 4.68 Å². The van der Waals surface area contributed by atoms with Gasteiger partial charge < -0.3 is 23.7 Å². The first-order valence-corrected chi connectivity index (χ1v) is 7.45. The summed E-state index contributed by atoms with van der Waals surface area (Å²) in [6.45, 7) is 1.80. The lowest BCUT2D eigenvalue weighted by Gasteiger charge is -2.16. The molecule has 136 valence electrons. The Bertz CT molecular complexity index is 716. The zero-order valence-electron chi connectivity index (χ0n) is 14.6. The van der Waals surface area contributed by atoms with E-state index in [-0.39, 0.29) is 26.0 Å². The Hall–Kier alpha value is -2.65. The summed E-state index contributed by atoms with van der Waals surface area (Å²) in [6.07, 6.45) is 1.53. The van der Waals surface area contributed by atoms with Crippen LogP contribution in [0, 0.1) is 0 Å². The van der Waals surface area contributed by atoms with Gasteiger partial charge in [0.05, 0.1) is 32.7 Å². The van der Waals surface area contributed by atoms with E-state index < -0.39 is 0 Å². The van der Waals surface area contributed by atoms with E-state index >= 15 is 0 Å². The lowest BCUT2D eigenvalue weighted by atomic mass is 10.1. The molecule has 0 bridgehead atoms. The second-order valence-electron chi connectivity index (χ2n) is 5.01. The summed E-state index contributed by atoms with van der Waals surface area (Å²) in [5, 5.41) is 7.97. The Kier molecular flexibility index (Phi) is 6.72. The van der Waals surface area contributed by atoms with Crippen LogP contribution in [-0.2, 0) is 32.2 Å². The number of carbonyl (C=O) groups excluding carboxylic acids is 1. The maximum Gasteiger partial charge on any atom is 0.303 e. The molecule has 0 saturated carbocycles. The number of hydrogen-bond acceptors (Lipinski definition) is 8. The molecule has 0 aliphatic rings. The molecule has 9 nitrogen and oxygen atoms in total. The van der Waals surface area contributed by atoms with E-state index in [9.17, 15) is 4.79 Å². The molecule has 0 spiro atoms. The van der Waals surface area contributed by atoms with Gasteiger partial charge in [0, 0.05) is 25.7 Å². The van der Waals surface area contributed by atoms with E-state index in [2.05, 4.69) is 10.3 Å². The minimum absolute atomic E-state index is 0.0506. The third kappa shape index (κ3) is 4.68. The number of esters is 1. The van der Waals surface area contributed by atoms with Gasteiger partial charge in [-0.1, -0.05) is 5.21 Å². The lowest BCUT2D eigenvalue weighted by molar-refractivity contribution is -0.142. The average Bonchev–Trinajstić information content (AvgIpc) is 3.08. The number of benzene rings is 1. The van der Waals surface area contributed by atoms with Crippen LogP contribution >= 0.6 is 0 Å². The molecular formula is C16H21N3O6. The third-order valence-electron chi connectivity index (χ3n) is 3.31. The predicted octanol–water partition coefficient (Wildman–Crippen LogP) is 1.47. The van der Waals surface area contributed by atoms with E-state index in [0.29, 0.717) is 22.9 Å². The largest absolute Gasteiger partial charge is 0.493 e. The summed E-state index contributed by atoms with van der Waals surface area (Å²) in [7, 11) is 4.65. The van der Waals surface area contributed by atoms with Gasteiger partial charge in [0.15, 0.2) is 11.5 Å². The Morgan fingerprint density at radius 3 is 2.48 bits per heavy atom. The highest BCUT2D eigenvalue weighted by Crippen LogP contribution is 2.33. The Morgan fingerprint density at radius 1 is 1.12 bits per heavy atom. The molecule has 1 heterocycles. The molecule has 0 amide bonds. The third-order valence-corrected chi connectivity index (χ3v) is 3.31. The van der Waals surface area contributed by atoms with E-state index in [1.165, 1.54) is 13.1 Å². The second kappa shape index (κ2) is 9.00. The van der Waals surface area contributed by atoms with Gasteiger partial charge >= 0.3 is 5.97 Å². The summed E-state index contributed by atoms with van der Waals surface area (Å²) in [6, 6.07) is 3.55. The van der Waals surface area contributed by atoms with E-state index in [1.807, 2.05) is 0 Å². The molecule has 2 aromatic rings. The van der Waals surface area contributed by atoms with Gasteiger partial charge in [-0.15, -0.1) is 5.10 Å².